The van der Waals surface area contributed by atoms with Crippen molar-refractivity contribution >= 4 is 29.2 Å². The maximum atomic E-state index is 12.9. The molecule has 2 bridgehead atoms. The van der Waals surface area contributed by atoms with E-state index < -0.39 is 12.0 Å². The topological polar surface area (TPSA) is 108 Å². The molecule has 3 aliphatic carbocycles. The zero-order valence-corrected chi connectivity index (χ0v) is 20.8. The second-order valence-electron chi connectivity index (χ2n) is 11.2. The smallest absolute Gasteiger partial charge is 0.325 e. The average molecular weight is 481 g/mol. The van der Waals surface area contributed by atoms with E-state index >= 15 is 0 Å². The minimum Gasteiger partial charge on any atom is -0.481 e. The molecule has 35 heavy (non-hydrogen) atoms. The van der Waals surface area contributed by atoms with E-state index in [4.69, 9.17) is 4.52 Å². The van der Waals surface area contributed by atoms with Gasteiger partial charge in [-0.2, -0.15) is 0 Å². The van der Waals surface area contributed by atoms with Gasteiger partial charge in [0.05, 0.1) is 17.3 Å². The third-order valence-electron chi connectivity index (χ3n) is 7.94. The van der Waals surface area contributed by atoms with Gasteiger partial charge in [-0.1, -0.05) is 31.5 Å². The predicted molar refractivity (Wildman–Crippen MR) is 135 cm³/mol. The van der Waals surface area contributed by atoms with Gasteiger partial charge in [0, 0.05) is 19.2 Å². The first kappa shape index (κ1) is 23.7. The van der Waals surface area contributed by atoms with Gasteiger partial charge in [-0.15, -0.1) is 0 Å². The first-order valence-electron chi connectivity index (χ1n) is 12.9. The lowest BCUT2D eigenvalue weighted by atomic mass is 9.88. The van der Waals surface area contributed by atoms with Gasteiger partial charge in [-0.05, 0) is 79.9 Å². The zero-order chi connectivity index (χ0) is 24.7. The second-order valence-corrected chi connectivity index (χ2v) is 11.2. The van der Waals surface area contributed by atoms with Crippen LogP contribution in [-0.4, -0.2) is 35.4 Å². The lowest BCUT2D eigenvalue weighted by Crippen LogP contribution is -2.35. The lowest BCUT2D eigenvalue weighted by molar-refractivity contribution is -0.138. The van der Waals surface area contributed by atoms with Gasteiger partial charge in [0.15, 0.2) is 5.82 Å². The van der Waals surface area contributed by atoms with E-state index in [1.807, 2.05) is 12.1 Å². The number of anilines is 3. The summed E-state index contributed by atoms with van der Waals surface area (Å²) in [6.07, 6.45) is 6.02. The summed E-state index contributed by atoms with van der Waals surface area (Å²) in [5.41, 5.74) is 2.66. The van der Waals surface area contributed by atoms with Crippen molar-refractivity contribution in [3.63, 3.8) is 0 Å². The fourth-order valence-corrected chi connectivity index (χ4v) is 6.29. The van der Waals surface area contributed by atoms with E-state index in [2.05, 4.69) is 40.6 Å². The Morgan fingerprint density at radius 3 is 2.60 bits per heavy atom. The van der Waals surface area contributed by atoms with Crippen LogP contribution in [0.3, 0.4) is 0 Å². The van der Waals surface area contributed by atoms with Crippen LogP contribution in [0.15, 0.2) is 28.8 Å². The Labute approximate surface area is 206 Å². The molecule has 5 rings (SSSR count). The number of fused-ring (bicyclic) bond motifs is 2. The molecule has 3 saturated carbocycles. The molecule has 1 heterocycles. The van der Waals surface area contributed by atoms with Crippen LogP contribution >= 0.6 is 0 Å². The summed E-state index contributed by atoms with van der Waals surface area (Å²) >= 11 is 0. The Hall–Kier alpha value is -3.03. The standard InChI is InChI=1S/C27H36N4O4/c1-15(2)13-31(14-20-10-17-4-5-18(20)9-17)24-7-6-19(21-12-22(21)26(32)33)11-23(24)28-27(34)29-25-8-16(3)35-30-25/h6-8,11,15,17-18,20-22H,4-5,9-10,12-14H2,1-3H3,(H,32,33)(H2,28,29,30,34)/t17-,18+,20-,21+,22+/m0/s1. The molecule has 3 N–H and O–H groups in total. The Bertz CT molecular complexity index is 1100. The number of nitrogens with one attached hydrogen (secondary N) is 2. The first-order valence-corrected chi connectivity index (χ1v) is 12.9. The third-order valence-corrected chi connectivity index (χ3v) is 7.94. The van der Waals surface area contributed by atoms with Crippen molar-refractivity contribution in [1.29, 1.82) is 0 Å². The van der Waals surface area contributed by atoms with Gasteiger partial charge in [0.1, 0.15) is 5.76 Å². The van der Waals surface area contributed by atoms with E-state index in [0.717, 1.165) is 36.2 Å². The normalized spacial score (nSPS) is 26.7. The molecule has 3 aliphatic rings. The molecule has 2 amide bonds. The van der Waals surface area contributed by atoms with E-state index in [0.29, 0.717) is 35.5 Å². The van der Waals surface area contributed by atoms with Crippen LogP contribution in [0.5, 0.6) is 0 Å². The third kappa shape index (κ3) is 5.31. The summed E-state index contributed by atoms with van der Waals surface area (Å²) in [5, 5.41) is 19.0. The van der Waals surface area contributed by atoms with Gasteiger partial charge in [0.25, 0.3) is 0 Å². The molecule has 1 aromatic heterocycles. The number of aryl methyl sites for hydroxylation is 1. The summed E-state index contributed by atoms with van der Waals surface area (Å²) in [5.74, 6) is 2.70. The minimum atomic E-state index is -0.759. The van der Waals surface area contributed by atoms with Crippen molar-refractivity contribution in [1.82, 2.24) is 5.16 Å². The molecule has 0 unspecified atom stereocenters. The summed E-state index contributed by atoms with van der Waals surface area (Å²) in [7, 11) is 0. The van der Waals surface area contributed by atoms with Gasteiger partial charge >= 0.3 is 12.0 Å². The van der Waals surface area contributed by atoms with Crippen molar-refractivity contribution in [2.24, 2.45) is 29.6 Å². The number of carbonyl (C=O) groups excluding carboxylic acids is 1. The van der Waals surface area contributed by atoms with E-state index in [1.165, 1.54) is 25.7 Å². The van der Waals surface area contributed by atoms with Gasteiger partial charge in [-0.25, -0.2) is 4.79 Å². The van der Waals surface area contributed by atoms with Gasteiger partial charge in [0.2, 0.25) is 0 Å². The molecule has 3 fully saturated rings. The Morgan fingerprint density at radius 2 is 2.00 bits per heavy atom. The van der Waals surface area contributed by atoms with Crippen LogP contribution in [0.2, 0.25) is 0 Å². The van der Waals surface area contributed by atoms with Crippen LogP contribution < -0.4 is 15.5 Å². The Morgan fingerprint density at radius 1 is 1.17 bits per heavy atom. The number of rotatable bonds is 9. The number of hydrogen-bond donors (Lipinski definition) is 3. The van der Waals surface area contributed by atoms with Gasteiger partial charge in [-0.3, -0.25) is 10.1 Å². The van der Waals surface area contributed by atoms with Gasteiger partial charge < -0.3 is 19.8 Å². The van der Waals surface area contributed by atoms with Crippen LogP contribution in [-0.2, 0) is 4.79 Å². The highest BCUT2D eigenvalue weighted by atomic mass is 16.5. The molecule has 2 aromatic rings. The van der Waals surface area contributed by atoms with Crippen molar-refractivity contribution in [2.75, 3.05) is 28.6 Å². The lowest BCUT2D eigenvalue weighted by Gasteiger charge is -2.34. The molecule has 5 atom stereocenters. The fourth-order valence-electron chi connectivity index (χ4n) is 6.29. The highest BCUT2D eigenvalue weighted by Gasteiger charge is 2.44. The van der Waals surface area contributed by atoms with Crippen LogP contribution in [0.4, 0.5) is 22.0 Å². The highest BCUT2D eigenvalue weighted by molar-refractivity contribution is 6.01. The number of carboxylic acids is 1. The van der Waals surface area contributed by atoms with E-state index in [-0.39, 0.29) is 11.8 Å². The SMILES string of the molecule is Cc1cc(NC(=O)Nc2cc([C@H]3C[C@H]3C(=O)O)ccc2N(CC(C)C)C[C@@H]2C[C@H]3CC[C@@H]2C3)no1. The highest BCUT2D eigenvalue weighted by Crippen LogP contribution is 2.50. The molecule has 8 nitrogen and oxygen atoms in total. The maximum absolute atomic E-state index is 12.9. The number of carbonyl (C=O) groups is 2. The molecular formula is C27H36N4O4. The summed E-state index contributed by atoms with van der Waals surface area (Å²) < 4.78 is 5.06. The van der Waals surface area contributed by atoms with Crippen LogP contribution in [0.1, 0.15) is 63.2 Å². The summed E-state index contributed by atoms with van der Waals surface area (Å²) in [4.78, 5) is 26.8. The van der Waals surface area contributed by atoms with Crippen molar-refractivity contribution in [3.8, 4) is 0 Å². The van der Waals surface area contributed by atoms with Crippen molar-refractivity contribution in [3.05, 3.63) is 35.6 Å². The number of amides is 2. The average Bonchev–Trinajstić information content (AvgIpc) is 3.07. The molecule has 1 aromatic carbocycles. The van der Waals surface area contributed by atoms with E-state index in [9.17, 15) is 14.7 Å². The number of aliphatic carboxylic acids is 1. The quantitative estimate of drug-likeness (QED) is 0.424. The van der Waals surface area contributed by atoms with Crippen LogP contribution in [0.25, 0.3) is 0 Å². The summed E-state index contributed by atoms with van der Waals surface area (Å²) in [6, 6.07) is 7.34. The number of carboxylic acid groups (broad SMARTS) is 1. The summed E-state index contributed by atoms with van der Waals surface area (Å²) in [6.45, 7) is 8.09. The van der Waals surface area contributed by atoms with Crippen molar-refractivity contribution in [2.45, 2.75) is 58.8 Å². The first-order chi connectivity index (χ1) is 16.8. The second kappa shape index (κ2) is 9.55. The number of benzene rings is 1. The monoisotopic (exact) mass is 480 g/mol. The Balaban J connectivity index is 1.41. The fraction of sp³-hybridized carbons (Fsp3) is 0.593. The predicted octanol–water partition coefficient (Wildman–Crippen LogP) is 5.71. The number of nitrogens with zero attached hydrogens (tertiary/aromatic N) is 2. The molecule has 0 aliphatic heterocycles. The molecule has 0 radical (unpaired) electrons. The van der Waals surface area contributed by atoms with Crippen LogP contribution in [0, 0.1) is 36.5 Å². The minimum absolute atomic E-state index is 0.00698. The van der Waals surface area contributed by atoms with E-state index in [1.54, 1.807) is 13.0 Å². The molecular weight excluding hydrogens is 444 g/mol. The van der Waals surface area contributed by atoms with Crippen molar-refractivity contribution < 1.29 is 19.2 Å². The number of aromatic nitrogens is 1. The number of urea groups is 1. The molecule has 8 heteroatoms. The largest absolute Gasteiger partial charge is 0.481 e. The molecule has 188 valence electrons. The molecule has 0 saturated heterocycles. The maximum Gasteiger partial charge on any atom is 0.325 e. The Kier molecular flexibility index (Phi) is 6.47. The number of hydrogen-bond acceptors (Lipinski definition) is 5. The zero-order valence-electron chi connectivity index (χ0n) is 20.8. The molecule has 0 spiro atoms.